The van der Waals surface area contributed by atoms with Crippen molar-refractivity contribution in [3.63, 3.8) is 0 Å². The number of hydrogen-bond acceptors (Lipinski definition) is 3. The van der Waals surface area contributed by atoms with E-state index in [1.807, 2.05) is 68.4 Å². The molecule has 0 fully saturated rings. The molecular formula is C21H26N2O3. The molecule has 0 atom stereocenters. The highest BCUT2D eigenvalue weighted by Gasteiger charge is 2.07. The molecule has 2 rings (SSSR count). The SMILES string of the molecule is CC(C)C(=O)Nc1ccc(CNC(=O)CCCOc2ccccc2)cc1. The molecule has 2 N–H and O–H groups in total. The number of hydrogen-bond donors (Lipinski definition) is 2. The maximum absolute atomic E-state index is 11.9. The van der Waals surface area contributed by atoms with Crippen LogP contribution in [-0.4, -0.2) is 18.4 Å². The first kappa shape index (κ1) is 19.5. The molecule has 26 heavy (non-hydrogen) atoms. The second-order valence-corrected chi connectivity index (χ2v) is 6.38. The summed E-state index contributed by atoms with van der Waals surface area (Å²) in [4.78, 5) is 23.5. The fourth-order valence-electron chi connectivity index (χ4n) is 2.22. The van der Waals surface area contributed by atoms with Crippen molar-refractivity contribution in [2.45, 2.75) is 33.2 Å². The molecule has 0 saturated carbocycles. The van der Waals surface area contributed by atoms with Crippen molar-refractivity contribution in [1.82, 2.24) is 5.32 Å². The summed E-state index contributed by atoms with van der Waals surface area (Å²) in [6.07, 6.45) is 1.09. The van der Waals surface area contributed by atoms with Crippen LogP contribution >= 0.6 is 0 Å². The number of benzene rings is 2. The van der Waals surface area contributed by atoms with Crippen LogP contribution in [-0.2, 0) is 16.1 Å². The van der Waals surface area contributed by atoms with Crippen molar-refractivity contribution in [2.75, 3.05) is 11.9 Å². The Kier molecular flexibility index (Phi) is 7.68. The van der Waals surface area contributed by atoms with E-state index in [4.69, 9.17) is 4.74 Å². The lowest BCUT2D eigenvalue weighted by Gasteiger charge is -2.09. The minimum atomic E-state index is -0.0557. The van der Waals surface area contributed by atoms with E-state index in [2.05, 4.69) is 10.6 Å². The zero-order valence-electron chi connectivity index (χ0n) is 15.3. The molecule has 2 aromatic rings. The second kappa shape index (κ2) is 10.2. The zero-order chi connectivity index (χ0) is 18.8. The molecule has 0 aliphatic rings. The molecule has 0 heterocycles. The fraction of sp³-hybridized carbons (Fsp3) is 0.333. The fourth-order valence-corrected chi connectivity index (χ4v) is 2.22. The van der Waals surface area contributed by atoms with Gasteiger partial charge in [-0.05, 0) is 36.2 Å². The van der Waals surface area contributed by atoms with E-state index in [1.54, 1.807) is 0 Å². The van der Waals surface area contributed by atoms with Crippen molar-refractivity contribution in [3.05, 3.63) is 60.2 Å². The zero-order valence-corrected chi connectivity index (χ0v) is 15.3. The average Bonchev–Trinajstić information content (AvgIpc) is 2.65. The highest BCUT2D eigenvalue weighted by atomic mass is 16.5. The largest absolute Gasteiger partial charge is 0.494 e. The molecule has 5 nitrogen and oxygen atoms in total. The first-order valence-corrected chi connectivity index (χ1v) is 8.89. The Labute approximate surface area is 154 Å². The van der Waals surface area contributed by atoms with E-state index in [-0.39, 0.29) is 17.7 Å². The van der Waals surface area contributed by atoms with E-state index in [0.717, 1.165) is 17.0 Å². The molecule has 0 aliphatic heterocycles. The van der Waals surface area contributed by atoms with Crippen LogP contribution in [0.3, 0.4) is 0 Å². The minimum Gasteiger partial charge on any atom is -0.494 e. The normalized spacial score (nSPS) is 10.4. The Morgan fingerprint density at radius 2 is 1.69 bits per heavy atom. The van der Waals surface area contributed by atoms with Crippen molar-refractivity contribution >= 4 is 17.5 Å². The Morgan fingerprint density at radius 3 is 2.35 bits per heavy atom. The summed E-state index contributed by atoms with van der Waals surface area (Å²) < 4.78 is 5.57. The number of para-hydroxylation sites is 1. The van der Waals surface area contributed by atoms with E-state index in [0.29, 0.717) is 26.0 Å². The lowest BCUT2D eigenvalue weighted by Crippen LogP contribution is -2.23. The lowest BCUT2D eigenvalue weighted by atomic mass is 10.1. The molecule has 0 unspecified atom stereocenters. The molecule has 0 aliphatic carbocycles. The molecule has 0 bridgehead atoms. The van der Waals surface area contributed by atoms with Gasteiger partial charge in [0.05, 0.1) is 6.61 Å². The first-order chi connectivity index (χ1) is 12.5. The summed E-state index contributed by atoms with van der Waals surface area (Å²) in [5.41, 5.74) is 1.75. The number of amides is 2. The molecule has 0 spiro atoms. The van der Waals surface area contributed by atoms with Gasteiger partial charge in [-0.15, -0.1) is 0 Å². The third kappa shape index (κ3) is 6.97. The lowest BCUT2D eigenvalue weighted by molar-refractivity contribution is -0.121. The van der Waals surface area contributed by atoms with Crippen LogP contribution in [0.2, 0.25) is 0 Å². The molecule has 0 saturated heterocycles. The van der Waals surface area contributed by atoms with Gasteiger partial charge in [0.1, 0.15) is 5.75 Å². The molecule has 2 aromatic carbocycles. The summed E-state index contributed by atoms with van der Waals surface area (Å²) in [7, 11) is 0. The highest BCUT2D eigenvalue weighted by molar-refractivity contribution is 5.92. The molecular weight excluding hydrogens is 328 g/mol. The van der Waals surface area contributed by atoms with Crippen LogP contribution in [0.15, 0.2) is 54.6 Å². The van der Waals surface area contributed by atoms with E-state index >= 15 is 0 Å². The Balaban J connectivity index is 1.64. The van der Waals surface area contributed by atoms with Crippen LogP contribution in [0.25, 0.3) is 0 Å². The van der Waals surface area contributed by atoms with Crippen molar-refractivity contribution < 1.29 is 14.3 Å². The number of anilines is 1. The minimum absolute atomic E-state index is 0.00107. The van der Waals surface area contributed by atoms with Crippen LogP contribution in [0.1, 0.15) is 32.3 Å². The van der Waals surface area contributed by atoms with Gasteiger partial charge in [-0.25, -0.2) is 0 Å². The molecule has 2 amide bonds. The summed E-state index contributed by atoms with van der Waals surface area (Å²) in [5, 5.41) is 5.74. The Bertz CT molecular complexity index is 697. The Morgan fingerprint density at radius 1 is 1.00 bits per heavy atom. The van der Waals surface area contributed by atoms with Crippen LogP contribution < -0.4 is 15.4 Å². The van der Waals surface area contributed by atoms with Crippen LogP contribution in [0.5, 0.6) is 5.75 Å². The molecule has 0 aromatic heterocycles. The van der Waals surface area contributed by atoms with Gasteiger partial charge in [0, 0.05) is 24.6 Å². The molecule has 0 radical (unpaired) electrons. The van der Waals surface area contributed by atoms with Gasteiger partial charge in [-0.3, -0.25) is 9.59 Å². The van der Waals surface area contributed by atoms with Gasteiger partial charge >= 0.3 is 0 Å². The smallest absolute Gasteiger partial charge is 0.226 e. The van der Waals surface area contributed by atoms with Crippen LogP contribution in [0, 0.1) is 5.92 Å². The number of rotatable bonds is 9. The van der Waals surface area contributed by atoms with Crippen molar-refractivity contribution in [1.29, 1.82) is 0 Å². The number of carbonyl (C=O) groups excluding carboxylic acids is 2. The predicted molar refractivity (Wildman–Crippen MR) is 103 cm³/mol. The third-order valence-electron chi connectivity index (χ3n) is 3.80. The monoisotopic (exact) mass is 354 g/mol. The van der Waals surface area contributed by atoms with Gasteiger partial charge in [-0.2, -0.15) is 0 Å². The average molecular weight is 354 g/mol. The predicted octanol–water partition coefficient (Wildman–Crippen LogP) is 3.76. The third-order valence-corrected chi connectivity index (χ3v) is 3.80. The number of ether oxygens (including phenoxy) is 1. The standard InChI is InChI=1S/C21H26N2O3/c1-16(2)21(25)23-18-12-10-17(11-13-18)15-22-20(24)9-6-14-26-19-7-4-3-5-8-19/h3-5,7-8,10-13,16H,6,9,14-15H2,1-2H3,(H,22,24)(H,23,25). The van der Waals surface area contributed by atoms with Crippen LogP contribution in [0.4, 0.5) is 5.69 Å². The van der Waals surface area contributed by atoms with Crippen molar-refractivity contribution in [3.8, 4) is 5.75 Å². The quantitative estimate of drug-likeness (QED) is 0.674. The van der Waals surface area contributed by atoms with E-state index in [9.17, 15) is 9.59 Å². The maximum Gasteiger partial charge on any atom is 0.226 e. The summed E-state index contributed by atoms with van der Waals surface area (Å²) in [5.74, 6) is 0.750. The summed E-state index contributed by atoms with van der Waals surface area (Å²) in [6, 6.07) is 17.0. The Hall–Kier alpha value is -2.82. The molecule has 5 heteroatoms. The molecule has 138 valence electrons. The number of nitrogens with one attached hydrogen (secondary N) is 2. The van der Waals surface area contributed by atoms with Gasteiger partial charge < -0.3 is 15.4 Å². The van der Waals surface area contributed by atoms with Gasteiger partial charge in [0.15, 0.2) is 0 Å². The van der Waals surface area contributed by atoms with Gasteiger partial charge in [0.2, 0.25) is 11.8 Å². The maximum atomic E-state index is 11.9. The van der Waals surface area contributed by atoms with E-state index in [1.165, 1.54) is 0 Å². The topological polar surface area (TPSA) is 67.4 Å². The van der Waals surface area contributed by atoms with Gasteiger partial charge in [-0.1, -0.05) is 44.2 Å². The summed E-state index contributed by atoms with van der Waals surface area (Å²) >= 11 is 0. The highest BCUT2D eigenvalue weighted by Crippen LogP contribution is 2.11. The van der Waals surface area contributed by atoms with Crippen molar-refractivity contribution in [2.24, 2.45) is 5.92 Å². The summed E-state index contributed by atoms with van der Waals surface area (Å²) in [6.45, 7) is 4.69. The van der Waals surface area contributed by atoms with Gasteiger partial charge in [0.25, 0.3) is 0 Å². The number of carbonyl (C=O) groups is 2. The first-order valence-electron chi connectivity index (χ1n) is 8.89. The van der Waals surface area contributed by atoms with E-state index < -0.39 is 0 Å². The second-order valence-electron chi connectivity index (χ2n) is 6.38.